The molecule has 4 rings (SSSR count). The molecule has 0 saturated carbocycles. The molecule has 0 spiro atoms. The molecule has 0 aliphatic carbocycles. The first-order valence-electron chi connectivity index (χ1n) is 6.07. The highest BCUT2D eigenvalue weighted by Gasteiger charge is 2.11. The topological polar surface area (TPSA) is 28.9 Å². The standard InChI is InChI=1S/C16H10ClNO/c17-14-6-5-11(12-8-18-9-13(12)14)16-7-10-3-1-2-4-15(10)19-16/h1-9,18H. The van der Waals surface area contributed by atoms with E-state index in [1.807, 2.05) is 48.8 Å². The second kappa shape index (κ2) is 3.90. The van der Waals surface area contributed by atoms with Gasteiger partial charge in [0, 0.05) is 39.1 Å². The van der Waals surface area contributed by atoms with Gasteiger partial charge in [0.25, 0.3) is 0 Å². The van der Waals surface area contributed by atoms with Gasteiger partial charge in [0.2, 0.25) is 0 Å². The van der Waals surface area contributed by atoms with Crippen molar-refractivity contribution >= 4 is 33.3 Å². The first kappa shape index (κ1) is 10.7. The molecule has 0 amide bonds. The van der Waals surface area contributed by atoms with Crippen molar-refractivity contribution in [1.82, 2.24) is 4.98 Å². The van der Waals surface area contributed by atoms with Gasteiger partial charge in [-0.15, -0.1) is 0 Å². The van der Waals surface area contributed by atoms with Gasteiger partial charge in [-0.3, -0.25) is 0 Å². The summed E-state index contributed by atoms with van der Waals surface area (Å²) in [5.41, 5.74) is 1.95. The van der Waals surface area contributed by atoms with E-state index < -0.39 is 0 Å². The van der Waals surface area contributed by atoms with Gasteiger partial charge < -0.3 is 9.40 Å². The third-order valence-corrected chi connectivity index (χ3v) is 3.71. The number of halogens is 1. The molecule has 2 aromatic carbocycles. The quantitative estimate of drug-likeness (QED) is 0.502. The molecule has 2 heterocycles. The Morgan fingerprint density at radius 1 is 0.947 bits per heavy atom. The molecule has 0 radical (unpaired) electrons. The first-order valence-corrected chi connectivity index (χ1v) is 6.45. The van der Waals surface area contributed by atoms with E-state index >= 15 is 0 Å². The normalized spacial score (nSPS) is 11.4. The maximum atomic E-state index is 6.19. The van der Waals surface area contributed by atoms with E-state index in [1.54, 1.807) is 0 Å². The van der Waals surface area contributed by atoms with Gasteiger partial charge >= 0.3 is 0 Å². The van der Waals surface area contributed by atoms with E-state index in [0.717, 1.165) is 38.1 Å². The molecule has 0 aliphatic heterocycles. The zero-order valence-electron chi connectivity index (χ0n) is 9.98. The van der Waals surface area contributed by atoms with Crippen molar-refractivity contribution < 1.29 is 4.42 Å². The Kier molecular flexibility index (Phi) is 2.20. The molecule has 4 aromatic rings. The van der Waals surface area contributed by atoms with Crippen molar-refractivity contribution in [2.75, 3.05) is 0 Å². The van der Waals surface area contributed by atoms with Gasteiger partial charge in [-0.25, -0.2) is 0 Å². The number of aromatic amines is 1. The van der Waals surface area contributed by atoms with Crippen LogP contribution in [0.1, 0.15) is 0 Å². The lowest BCUT2D eigenvalue weighted by molar-refractivity contribution is 0.632. The molecule has 0 unspecified atom stereocenters. The molecule has 0 saturated heterocycles. The molecule has 1 N–H and O–H groups in total. The summed E-state index contributed by atoms with van der Waals surface area (Å²) in [6.45, 7) is 0. The molecule has 2 nitrogen and oxygen atoms in total. The first-order chi connectivity index (χ1) is 9.33. The fraction of sp³-hybridized carbons (Fsp3) is 0. The number of aromatic nitrogens is 1. The number of furan rings is 1. The minimum Gasteiger partial charge on any atom is -0.456 e. The van der Waals surface area contributed by atoms with Crippen LogP contribution in [0.5, 0.6) is 0 Å². The lowest BCUT2D eigenvalue weighted by Crippen LogP contribution is -1.76. The van der Waals surface area contributed by atoms with E-state index in [2.05, 4.69) is 11.1 Å². The molecular formula is C16H10ClNO. The third-order valence-electron chi connectivity index (χ3n) is 3.38. The fourth-order valence-corrected chi connectivity index (χ4v) is 2.67. The smallest absolute Gasteiger partial charge is 0.136 e. The van der Waals surface area contributed by atoms with Crippen molar-refractivity contribution in [1.29, 1.82) is 0 Å². The Labute approximate surface area is 114 Å². The third kappa shape index (κ3) is 1.57. The van der Waals surface area contributed by atoms with Gasteiger partial charge in [-0.05, 0) is 24.3 Å². The number of nitrogens with one attached hydrogen (secondary N) is 1. The van der Waals surface area contributed by atoms with Gasteiger partial charge in [-0.1, -0.05) is 29.8 Å². The largest absolute Gasteiger partial charge is 0.456 e. The van der Waals surface area contributed by atoms with Gasteiger partial charge in [-0.2, -0.15) is 0 Å². The number of rotatable bonds is 1. The predicted molar refractivity (Wildman–Crippen MR) is 78.5 cm³/mol. The van der Waals surface area contributed by atoms with Crippen LogP contribution < -0.4 is 0 Å². The number of fused-ring (bicyclic) bond motifs is 2. The van der Waals surface area contributed by atoms with Crippen LogP contribution in [0.15, 0.2) is 59.3 Å². The Hall–Kier alpha value is -2.19. The van der Waals surface area contributed by atoms with Crippen LogP contribution in [0.25, 0.3) is 33.1 Å². The summed E-state index contributed by atoms with van der Waals surface area (Å²) in [6.07, 6.45) is 3.85. The van der Waals surface area contributed by atoms with E-state index in [1.165, 1.54) is 0 Å². The van der Waals surface area contributed by atoms with E-state index in [4.69, 9.17) is 16.0 Å². The van der Waals surface area contributed by atoms with Gasteiger partial charge in [0.15, 0.2) is 0 Å². The monoisotopic (exact) mass is 267 g/mol. The average molecular weight is 268 g/mol. The Morgan fingerprint density at radius 2 is 1.79 bits per heavy atom. The summed E-state index contributed by atoms with van der Waals surface area (Å²) in [5, 5.41) is 3.94. The highest BCUT2D eigenvalue weighted by atomic mass is 35.5. The van der Waals surface area contributed by atoms with Gasteiger partial charge in [0.05, 0.1) is 0 Å². The van der Waals surface area contributed by atoms with Crippen LogP contribution in [0.2, 0.25) is 5.02 Å². The van der Waals surface area contributed by atoms with E-state index in [-0.39, 0.29) is 0 Å². The predicted octanol–water partition coefficient (Wildman–Crippen LogP) is 5.23. The lowest BCUT2D eigenvalue weighted by atomic mass is 10.1. The molecular weight excluding hydrogens is 258 g/mol. The van der Waals surface area contributed by atoms with Crippen molar-refractivity contribution in [3.63, 3.8) is 0 Å². The lowest BCUT2D eigenvalue weighted by Gasteiger charge is -2.00. The molecule has 0 fully saturated rings. The second-order valence-electron chi connectivity index (χ2n) is 4.53. The average Bonchev–Trinajstić information content (AvgIpc) is 3.05. The molecule has 0 atom stereocenters. The van der Waals surface area contributed by atoms with Crippen LogP contribution in [0, 0.1) is 0 Å². The van der Waals surface area contributed by atoms with Crippen molar-refractivity contribution in [2.24, 2.45) is 0 Å². The van der Waals surface area contributed by atoms with E-state index in [0.29, 0.717) is 0 Å². The van der Waals surface area contributed by atoms with Gasteiger partial charge in [0.1, 0.15) is 11.3 Å². The Bertz CT molecular complexity index is 855. The van der Waals surface area contributed by atoms with Crippen LogP contribution in [-0.4, -0.2) is 4.98 Å². The van der Waals surface area contributed by atoms with Crippen molar-refractivity contribution in [3.8, 4) is 11.3 Å². The van der Waals surface area contributed by atoms with Crippen LogP contribution in [-0.2, 0) is 0 Å². The fourth-order valence-electron chi connectivity index (χ4n) is 2.45. The zero-order chi connectivity index (χ0) is 12.8. The molecule has 2 aromatic heterocycles. The second-order valence-corrected chi connectivity index (χ2v) is 4.93. The van der Waals surface area contributed by atoms with Crippen molar-refractivity contribution in [2.45, 2.75) is 0 Å². The highest BCUT2D eigenvalue weighted by Crippen LogP contribution is 2.35. The maximum Gasteiger partial charge on any atom is 0.136 e. The number of para-hydroxylation sites is 1. The van der Waals surface area contributed by atoms with Crippen LogP contribution in [0.4, 0.5) is 0 Å². The number of hydrogen-bond donors (Lipinski definition) is 1. The Morgan fingerprint density at radius 3 is 2.68 bits per heavy atom. The molecule has 19 heavy (non-hydrogen) atoms. The van der Waals surface area contributed by atoms with Crippen LogP contribution >= 0.6 is 11.6 Å². The highest BCUT2D eigenvalue weighted by molar-refractivity contribution is 6.36. The number of hydrogen-bond acceptors (Lipinski definition) is 1. The SMILES string of the molecule is Clc1ccc(-c2cc3ccccc3o2)c2c[nH]cc12. The molecule has 0 bridgehead atoms. The van der Waals surface area contributed by atoms with E-state index in [9.17, 15) is 0 Å². The minimum absolute atomic E-state index is 0.746. The molecule has 3 heteroatoms. The number of H-pyrrole nitrogens is 1. The summed E-state index contributed by atoms with van der Waals surface area (Å²) in [4.78, 5) is 3.10. The Balaban J connectivity index is 2.03. The number of benzene rings is 2. The summed E-state index contributed by atoms with van der Waals surface area (Å²) in [7, 11) is 0. The van der Waals surface area contributed by atoms with Crippen molar-refractivity contribution in [3.05, 3.63) is 59.9 Å². The summed E-state index contributed by atoms with van der Waals surface area (Å²) >= 11 is 6.19. The summed E-state index contributed by atoms with van der Waals surface area (Å²) < 4.78 is 5.91. The maximum absolute atomic E-state index is 6.19. The summed E-state index contributed by atoms with van der Waals surface area (Å²) in [5.74, 6) is 0.863. The minimum atomic E-state index is 0.746. The summed E-state index contributed by atoms with van der Waals surface area (Å²) in [6, 6.07) is 14.0. The molecule has 92 valence electrons. The van der Waals surface area contributed by atoms with Crippen LogP contribution in [0.3, 0.4) is 0 Å². The zero-order valence-corrected chi connectivity index (χ0v) is 10.7. The molecule has 0 aliphatic rings.